The van der Waals surface area contributed by atoms with Crippen LogP contribution in [0.3, 0.4) is 0 Å². The summed E-state index contributed by atoms with van der Waals surface area (Å²) in [6.45, 7) is 9.36. The van der Waals surface area contributed by atoms with Gasteiger partial charge in [0.05, 0.1) is 23.7 Å². The van der Waals surface area contributed by atoms with Crippen molar-refractivity contribution < 1.29 is 36.2 Å². The Hall–Kier alpha value is -4.93. The average molecular weight is 827 g/mol. The van der Waals surface area contributed by atoms with E-state index >= 15 is 0 Å². The molecule has 1 aromatic heterocycles. The number of hydrogen-bond donors (Lipinski definition) is 0. The summed E-state index contributed by atoms with van der Waals surface area (Å²) in [4.78, 5) is 18.0. The molecule has 0 amide bonds. The maximum Gasteiger partial charge on any atom is 0.340 e. The smallest absolute Gasteiger partial charge is 0.340 e. The first-order valence-corrected chi connectivity index (χ1v) is 19.6. The van der Waals surface area contributed by atoms with Crippen LogP contribution >= 0.6 is 23.2 Å². The minimum absolute atomic E-state index is 0. The van der Waals surface area contributed by atoms with Gasteiger partial charge in [-0.2, -0.15) is 0 Å². The quantitative estimate of drug-likeness (QED) is 0.126. The standard InChI is InChI=1S/C26H31Cl2NO4.C19H15N4.ClH/c1-25(2,3)33-24(30)6-9-29-10-7-26(8-11-29)17-32-23-5-4-21(15-22(23)26)31-16-18-12-19(27)14-20(28)13-18;1-4-10-16(11-5-1)19-20-22(17-12-6-2-7-13-17)23(21-19)18-14-8-3-9-15-18;/h4-5,12-15H,6-11,16-17H2,1-3H3;1-15H;1H/q;+1;/p-1. The maximum atomic E-state index is 12.1. The van der Waals surface area contributed by atoms with Crippen LogP contribution in [0, 0.1) is 0 Å². The van der Waals surface area contributed by atoms with Crippen molar-refractivity contribution in [1.82, 2.24) is 19.9 Å². The molecule has 0 saturated carbocycles. The van der Waals surface area contributed by atoms with E-state index in [9.17, 15) is 4.79 Å². The van der Waals surface area contributed by atoms with Gasteiger partial charge >= 0.3 is 11.8 Å². The fourth-order valence-corrected chi connectivity index (χ4v) is 7.57. The van der Waals surface area contributed by atoms with Crippen molar-refractivity contribution >= 4 is 29.2 Å². The van der Waals surface area contributed by atoms with E-state index in [0.717, 1.165) is 66.5 Å². The van der Waals surface area contributed by atoms with Crippen LogP contribution in [-0.2, 0) is 21.6 Å². The summed E-state index contributed by atoms with van der Waals surface area (Å²) < 4.78 is 17.5. The highest BCUT2D eigenvalue weighted by Crippen LogP contribution is 2.47. The molecule has 1 fully saturated rings. The van der Waals surface area contributed by atoms with Crippen molar-refractivity contribution in [1.29, 1.82) is 0 Å². The Labute approximate surface area is 350 Å². The van der Waals surface area contributed by atoms with E-state index < -0.39 is 5.60 Å². The molecule has 0 N–H and O–H groups in total. The summed E-state index contributed by atoms with van der Waals surface area (Å²) in [6.07, 6.45) is 2.40. The lowest BCUT2D eigenvalue weighted by Gasteiger charge is -2.38. The number of hydrogen-bond acceptors (Lipinski definition) is 7. The van der Waals surface area contributed by atoms with E-state index in [1.807, 2.05) is 146 Å². The fourth-order valence-electron chi connectivity index (χ4n) is 7.00. The largest absolute Gasteiger partial charge is 1.00 e. The zero-order chi connectivity index (χ0) is 39.1. The van der Waals surface area contributed by atoms with Crippen LogP contribution in [0.15, 0.2) is 127 Å². The Morgan fingerprint density at radius 3 is 2.12 bits per heavy atom. The molecule has 0 atom stereocenters. The zero-order valence-corrected chi connectivity index (χ0v) is 34.6. The number of ether oxygens (including phenoxy) is 3. The number of rotatable bonds is 9. The molecule has 2 aliphatic heterocycles. The van der Waals surface area contributed by atoms with Gasteiger partial charge in [-0.05, 0) is 135 Å². The van der Waals surface area contributed by atoms with Crippen molar-refractivity contribution in [2.45, 2.75) is 57.7 Å². The second kappa shape index (κ2) is 18.6. The van der Waals surface area contributed by atoms with Crippen LogP contribution < -0.4 is 26.7 Å². The Balaban J connectivity index is 0.000000201. The van der Waals surface area contributed by atoms with Crippen LogP contribution in [-0.4, -0.2) is 57.7 Å². The predicted octanol–water partition coefficient (Wildman–Crippen LogP) is 6.25. The van der Waals surface area contributed by atoms with Crippen molar-refractivity contribution in [3.63, 3.8) is 0 Å². The summed E-state index contributed by atoms with van der Waals surface area (Å²) in [7, 11) is 0. The molecule has 8 rings (SSSR count). The lowest BCUT2D eigenvalue weighted by molar-refractivity contribution is -0.734. The second-order valence-corrected chi connectivity index (χ2v) is 16.0. The molecule has 5 aromatic carbocycles. The summed E-state index contributed by atoms with van der Waals surface area (Å²) in [5, 5.41) is 10.6. The molecule has 12 heteroatoms. The van der Waals surface area contributed by atoms with E-state index in [-0.39, 0.29) is 23.8 Å². The van der Waals surface area contributed by atoms with Crippen molar-refractivity contribution in [3.8, 4) is 34.3 Å². The van der Waals surface area contributed by atoms with Gasteiger partial charge in [-0.25, -0.2) is 0 Å². The molecule has 296 valence electrons. The summed E-state index contributed by atoms with van der Waals surface area (Å²) >= 11 is 12.2. The van der Waals surface area contributed by atoms with Crippen LogP contribution in [0.25, 0.3) is 22.8 Å². The monoisotopic (exact) mass is 825 g/mol. The van der Waals surface area contributed by atoms with E-state index in [2.05, 4.69) is 11.0 Å². The highest BCUT2D eigenvalue weighted by Gasteiger charge is 2.43. The number of tetrazole rings is 1. The molecule has 57 heavy (non-hydrogen) atoms. The molecule has 1 saturated heterocycles. The number of carbonyl (C=O) groups excluding carboxylic acids is 1. The predicted molar refractivity (Wildman–Crippen MR) is 219 cm³/mol. The zero-order valence-electron chi connectivity index (χ0n) is 32.3. The average Bonchev–Trinajstić information content (AvgIpc) is 3.80. The first-order chi connectivity index (χ1) is 27.0. The minimum Gasteiger partial charge on any atom is -1.00 e. The fraction of sp³-hybridized carbons (Fsp3) is 0.289. The van der Waals surface area contributed by atoms with Gasteiger partial charge in [-0.15, -0.1) is 0 Å². The molecule has 2 aliphatic rings. The van der Waals surface area contributed by atoms with Gasteiger partial charge in [0.15, 0.2) is 5.69 Å². The van der Waals surface area contributed by atoms with Crippen LogP contribution in [0.1, 0.15) is 51.2 Å². The lowest BCUT2D eigenvalue weighted by Crippen LogP contribution is -3.00. The number of nitrogens with zero attached hydrogens (tertiary/aromatic N) is 5. The topological polar surface area (TPSA) is 82.6 Å². The molecular weight excluding hydrogens is 781 g/mol. The van der Waals surface area contributed by atoms with E-state index in [1.54, 1.807) is 6.07 Å². The number of esters is 1. The molecule has 9 nitrogen and oxygen atoms in total. The molecule has 0 bridgehead atoms. The molecule has 0 aliphatic carbocycles. The third kappa shape index (κ3) is 10.7. The van der Waals surface area contributed by atoms with Gasteiger partial charge in [0, 0.05) is 32.4 Å². The van der Waals surface area contributed by atoms with Gasteiger partial charge in [-0.1, -0.05) is 77.8 Å². The molecule has 0 unspecified atom stereocenters. The number of halogens is 3. The van der Waals surface area contributed by atoms with E-state index in [1.165, 1.54) is 5.56 Å². The van der Waals surface area contributed by atoms with Gasteiger partial charge in [0.2, 0.25) is 0 Å². The molecule has 3 heterocycles. The first-order valence-electron chi connectivity index (χ1n) is 18.9. The minimum atomic E-state index is -0.438. The Morgan fingerprint density at radius 1 is 0.842 bits per heavy atom. The van der Waals surface area contributed by atoms with Crippen LogP contribution in [0.4, 0.5) is 0 Å². The summed E-state index contributed by atoms with van der Waals surface area (Å²) in [5.41, 5.74) is 4.63. The summed E-state index contributed by atoms with van der Waals surface area (Å²) in [5.74, 6) is 2.30. The number of para-hydroxylation sites is 2. The van der Waals surface area contributed by atoms with Crippen LogP contribution in [0.5, 0.6) is 11.5 Å². The number of aromatic nitrogens is 4. The number of fused-ring (bicyclic) bond motifs is 2. The van der Waals surface area contributed by atoms with Crippen LogP contribution in [0.2, 0.25) is 10.0 Å². The third-order valence-corrected chi connectivity index (χ3v) is 10.2. The number of carbonyl (C=O) groups is 1. The van der Waals surface area contributed by atoms with E-state index in [0.29, 0.717) is 35.5 Å². The van der Waals surface area contributed by atoms with E-state index in [4.69, 9.17) is 47.6 Å². The molecule has 0 radical (unpaired) electrons. The van der Waals surface area contributed by atoms with Crippen molar-refractivity contribution in [2.75, 3.05) is 26.2 Å². The number of piperidine rings is 1. The summed E-state index contributed by atoms with van der Waals surface area (Å²) in [6, 6.07) is 41.5. The number of benzene rings is 5. The molecule has 6 aromatic rings. The Kier molecular flexibility index (Phi) is 13.6. The molecule has 1 spiro atoms. The van der Waals surface area contributed by atoms with Gasteiger partial charge < -0.3 is 31.5 Å². The Bertz CT molecular complexity index is 2160. The first kappa shape index (κ1) is 41.7. The SMILES string of the molecule is CC(C)(C)OC(=O)CCN1CCC2(CC1)COc1ccc(OCc3cc(Cl)cc(Cl)c3)cc12.[Cl-].c1ccc(-c2nn(-c3ccccc3)[n+](-c3ccccc3)n2)cc1. The van der Waals surface area contributed by atoms with Gasteiger partial charge in [-0.3, -0.25) is 4.79 Å². The molecular formula is C45H46Cl3N5O4. The van der Waals surface area contributed by atoms with Gasteiger partial charge in [0.1, 0.15) is 29.4 Å². The highest BCUT2D eigenvalue weighted by molar-refractivity contribution is 6.34. The van der Waals surface area contributed by atoms with Gasteiger partial charge in [0.25, 0.3) is 0 Å². The number of likely N-dealkylation sites (tertiary alicyclic amines) is 1. The lowest BCUT2D eigenvalue weighted by atomic mass is 9.74. The van der Waals surface area contributed by atoms with Crippen molar-refractivity contribution in [3.05, 3.63) is 149 Å². The normalized spacial score (nSPS) is 14.4. The highest BCUT2D eigenvalue weighted by atomic mass is 35.5. The third-order valence-electron chi connectivity index (χ3n) is 9.78. The maximum absolute atomic E-state index is 12.1. The second-order valence-electron chi connectivity index (χ2n) is 15.1. The Morgan fingerprint density at radius 2 is 1.47 bits per heavy atom. The van der Waals surface area contributed by atoms with Crippen molar-refractivity contribution in [2.24, 2.45) is 0 Å².